The van der Waals surface area contributed by atoms with Crippen LogP contribution in [0.15, 0.2) is 18.2 Å². The van der Waals surface area contributed by atoms with Gasteiger partial charge in [0.15, 0.2) is 0 Å². The highest BCUT2D eigenvalue weighted by atomic mass is 32.1. The van der Waals surface area contributed by atoms with Crippen LogP contribution in [0.25, 0.3) is 0 Å². The van der Waals surface area contributed by atoms with Gasteiger partial charge < -0.3 is 11.1 Å². The average Bonchev–Trinajstić information content (AvgIpc) is 2.39. The summed E-state index contributed by atoms with van der Waals surface area (Å²) in [6.45, 7) is 2.28. The monoisotopic (exact) mass is 263 g/mol. The third kappa shape index (κ3) is 3.42. The van der Waals surface area contributed by atoms with E-state index in [1.807, 2.05) is 18.2 Å². The maximum atomic E-state index is 5.60. The normalized spacial score (nSPS) is 23.6. The molecule has 2 rings (SSSR count). The van der Waals surface area contributed by atoms with Gasteiger partial charge in [0, 0.05) is 6.04 Å². The number of nitrogens with one attached hydrogen (secondary N) is 1. The van der Waals surface area contributed by atoms with Gasteiger partial charge in [0.2, 0.25) is 0 Å². The lowest BCUT2D eigenvalue weighted by molar-refractivity contribution is 0.327. The molecule has 98 valence electrons. The van der Waals surface area contributed by atoms with Gasteiger partial charge >= 0.3 is 0 Å². The number of aromatic nitrogens is 1. The van der Waals surface area contributed by atoms with Crippen LogP contribution in [0, 0.1) is 5.92 Å². The van der Waals surface area contributed by atoms with E-state index >= 15 is 0 Å². The largest absolute Gasteiger partial charge is 0.388 e. The summed E-state index contributed by atoms with van der Waals surface area (Å²) in [5, 5.41) is 3.51. The maximum absolute atomic E-state index is 5.60. The first-order valence-electron chi connectivity index (χ1n) is 6.72. The highest BCUT2D eigenvalue weighted by molar-refractivity contribution is 7.80. The highest BCUT2D eigenvalue weighted by Gasteiger charge is 2.20. The third-order valence-electron chi connectivity index (χ3n) is 3.71. The Balaban J connectivity index is 2.00. The standard InChI is InChI=1S/C14H21N3S/c1-2-10-5-3-6-11(9-10)16-13-8-4-7-12(17-13)14(15)18/h4,7-8,10-11H,2-3,5-6,9H2,1H3,(H2,15,18)(H,16,17). The smallest absolute Gasteiger partial charge is 0.126 e. The summed E-state index contributed by atoms with van der Waals surface area (Å²) in [4.78, 5) is 4.80. The highest BCUT2D eigenvalue weighted by Crippen LogP contribution is 2.28. The molecule has 0 spiro atoms. The maximum Gasteiger partial charge on any atom is 0.126 e. The molecule has 4 heteroatoms. The van der Waals surface area contributed by atoms with Crippen molar-refractivity contribution in [1.82, 2.24) is 4.98 Å². The molecule has 3 N–H and O–H groups in total. The summed E-state index contributed by atoms with van der Waals surface area (Å²) >= 11 is 4.95. The van der Waals surface area contributed by atoms with Crippen LogP contribution in [0.2, 0.25) is 0 Å². The van der Waals surface area contributed by atoms with Crippen LogP contribution in [0.5, 0.6) is 0 Å². The number of pyridine rings is 1. The Morgan fingerprint density at radius 3 is 3.06 bits per heavy atom. The molecule has 0 aliphatic heterocycles. The molecule has 0 radical (unpaired) electrons. The lowest BCUT2D eigenvalue weighted by atomic mass is 9.84. The number of anilines is 1. The molecule has 0 aromatic carbocycles. The van der Waals surface area contributed by atoms with Gasteiger partial charge in [-0.3, -0.25) is 0 Å². The Labute approximate surface area is 114 Å². The van der Waals surface area contributed by atoms with E-state index in [1.165, 1.54) is 32.1 Å². The van der Waals surface area contributed by atoms with Gasteiger partial charge in [-0.2, -0.15) is 0 Å². The summed E-state index contributed by atoms with van der Waals surface area (Å²) in [6, 6.07) is 6.32. The van der Waals surface area contributed by atoms with Crippen molar-refractivity contribution in [1.29, 1.82) is 0 Å². The number of rotatable bonds is 4. The van der Waals surface area contributed by atoms with Crippen molar-refractivity contribution in [2.24, 2.45) is 11.7 Å². The van der Waals surface area contributed by atoms with E-state index in [4.69, 9.17) is 18.0 Å². The van der Waals surface area contributed by atoms with Gasteiger partial charge in [-0.05, 0) is 30.9 Å². The molecule has 1 fully saturated rings. The number of nitrogens with zero attached hydrogens (tertiary/aromatic N) is 1. The molecular formula is C14H21N3S. The number of nitrogens with two attached hydrogens (primary N) is 1. The topological polar surface area (TPSA) is 50.9 Å². The van der Waals surface area contributed by atoms with Crippen molar-refractivity contribution in [3.05, 3.63) is 23.9 Å². The summed E-state index contributed by atoms with van der Waals surface area (Å²) in [6.07, 6.45) is 6.43. The van der Waals surface area contributed by atoms with Gasteiger partial charge in [-0.1, -0.05) is 44.5 Å². The predicted molar refractivity (Wildman–Crippen MR) is 79.8 cm³/mol. The van der Waals surface area contributed by atoms with E-state index in [2.05, 4.69) is 17.2 Å². The summed E-state index contributed by atoms with van der Waals surface area (Å²) in [7, 11) is 0. The minimum atomic E-state index is 0.355. The molecule has 1 aromatic heterocycles. The van der Waals surface area contributed by atoms with Crippen LogP contribution in [0.1, 0.15) is 44.7 Å². The Morgan fingerprint density at radius 1 is 1.50 bits per heavy atom. The summed E-state index contributed by atoms with van der Waals surface area (Å²) < 4.78 is 0. The first kappa shape index (κ1) is 13.3. The van der Waals surface area contributed by atoms with Crippen LogP contribution in [0.3, 0.4) is 0 Å². The van der Waals surface area contributed by atoms with Gasteiger partial charge in [0.1, 0.15) is 10.8 Å². The fourth-order valence-corrected chi connectivity index (χ4v) is 2.77. The van der Waals surface area contributed by atoms with Crippen molar-refractivity contribution in [3.8, 4) is 0 Å². The fraction of sp³-hybridized carbons (Fsp3) is 0.571. The average molecular weight is 263 g/mol. The Bertz CT molecular complexity index is 419. The molecule has 0 bridgehead atoms. The second-order valence-electron chi connectivity index (χ2n) is 5.05. The lowest BCUT2D eigenvalue weighted by Crippen LogP contribution is -2.27. The van der Waals surface area contributed by atoms with Crippen LogP contribution in [-0.4, -0.2) is 16.0 Å². The summed E-state index contributed by atoms with van der Waals surface area (Å²) in [5.41, 5.74) is 6.29. The molecule has 1 aliphatic carbocycles. The van der Waals surface area contributed by atoms with E-state index in [0.717, 1.165) is 11.7 Å². The van der Waals surface area contributed by atoms with E-state index < -0.39 is 0 Å². The first-order chi connectivity index (χ1) is 8.69. The third-order valence-corrected chi connectivity index (χ3v) is 3.92. The molecule has 1 saturated carbocycles. The molecule has 0 saturated heterocycles. The van der Waals surface area contributed by atoms with Gasteiger partial charge in [-0.25, -0.2) is 4.98 Å². The van der Waals surface area contributed by atoms with E-state index in [0.29, 0.717) is 16.7 Å². The molecule has 18 heavy (non-hydrogen) atoms. The molecule has 1 aromatic rings. The minimum Gasteiger partial charge on any atom is -0.388 e. The zero-order chi connectivity index (χ0) is 13.0. The zero-order valence-electron chi connectivity index (χ0n) is 10.9. The van der Waals surface area contributed by atoms with Crippen LogP contribution < -0.4 is 11.1 Å². The van der Waals surface area contributed by atoms with E-state index in [-0.39, 0.29) is 0 Å². The molecule has 3 nitrogen and oxygen atoms in total. The number of thiocarbonyl (C=S) groups is 1. The molecule has 2 unspecified atom stereocenters. The van der Waals surface area contributed by atoms with E-state index in [9.17, 15) is 0 Å². The number of hydrogen-bond donors (Lipinski definition) is 2. The predicted octanol–water partition coefficient (Wildman–Crippen LogP) is 3.10. The molecule has 0 amide bonds. The van der Waals surface area contributed by atoms with Crippen molar-refractivity contribution in [2.75, 3.05) is 5.32 Å². The SMILES string of the molecule is CCC1CCCC(Nc2cccc(C(N)=S)n2)C1. The molecule has 2 atom stereocenters. The Morgan fingerprint density at radius 2 is 2.33 bits per heavy atom. The van der Waals surface area contributed by atoms with Crippen molar-refractivity contribution in [2.45, 2.75) is 45.1 Å². The Kier molecular flexibility index (Phi) is 4.53. The quantitative estimate of drug-likeness (QED) is 0.820. The lowest BCUT2D eigenvalue weighted by Gasteiger charge is -2.29. The van der Waals surface area contributed by atoms with Gasteiger partial charge in [0.25, 0.3) is 0 Å². The second kappa shape index (κ2) is 6.14. The van der Waals surface area contributed by atoms with Gasteiger partial charge in [-0.15, -0.1) is 0 Å². The van der Waals surface area contributed by atoms with Gasteiger partial charge in [0.05, 0.1) is 5.69 Å². The zero-order valence-corrected chi connectivity index (χ0v) is 11.7. The summed E-state index contributed by atoms with van der Waals surface area (Å²) in [5.74, 6) is 1.75. The Hall–Kier alpha value is -1.16. The molecule has 1 aliphatic rings. The molecule has 1 heterocycles. The number of hydrogen-bond acceptors (Lipinski definition) is 3. The van der Waals surface area contributed by atoms with Crippen LogP contribution >= 0.6 is 12.2 Å². The fourth-order valence-electron chi connectivity index (χ4n) is 2.65. The van der Waals surface area contributed by atoms with Crippen molar-refractivity contribution >= 4 is 23.0 Å². The van der Waals surface area contributed by atoms with Crippen LogP contribution in [-0.2, 0) is 0 Å². The first-order valence-corrected chi connectivity index (χ1v) is 7.13. The molecular weight excluding hydrogens is 242 g/mol. The second-order valence-corrected chi connectivity index (χ2v) is 5.49. The van der Waals surface area contributed by atoms with E-state index in [1.54, 1.807) is 0 Å². The minimum absolute atomic E-state index is 0.355. The van der Waals surface area contributed by atoms with Crippen molar-refractivity contribution in [3.63, 3.8) is 0 Å². The van der Waals surface area contributed by atoms with Crippen LogP contribution in [0.4, 0.5) is 5.82 Å². The van der Waals surface area contributed by atoms with Crippen molar-refractivity contribution < 1.29 is 0 Å².